The molecule has 0 saturated heterocycles. The lowest BCUT2D eigenvalue weighted by molar-refractivity contribution is -0.116. The number of ether oxygens (including phenoxy) is 1. The van der Waals surface area contributed by atoms with Gasteiger partial charge in [0.25, 0.3) is 0 Å². The number of aryl methyl sites for hydroxylation is 1. The highest BCUT2D eigenvalue weighted by Gasteiger charge is 2.18. The Labute approximate surface area is 112 Å². The first-order chi connectivity index (χ1) is 8.83. The zero-order valence-corrected chi connectivity index (χ0v) is 11.4. The molecule has 2 rings (SSSR count). The summed E-state index contributed by atoms with van der Waals surface area (Å²) >= 11 is 0. The van der Waals surface area contributed by atoms with Gasteiger partial charge in [0, 0.05) is 17.8 Å². The van der Waals surface area contributed by atoms with E-state index in [1.807, 2.05) is 26.8 Å². The molecule has 0 radical (unpaired) electrons. The molecular formula is C14H18N2O3. The van der Waals surface area contributed by atoms with Crippen LogP contribution in [0.25, 0.3) is 0 Å². The maximum Gasteiger partial charge on any atom is 0.412 e. The van der Waals surface area contributed by atoms with Gasteiger partial charge in [0.2, 0.25) is 5.91 Å². The van der Waals surface area contributed by atoms with Gasteiger partial charge in [-0.25, -0.2) is 4.79 Å². The molecule has 0 saturated carbocycles. The Balaban J connectivity index is 2.06. The van der Waals surface area contributed by atoms with Gasteiger partial charge in [0.1, 0.15) is 5.60 Å². The quantitative estimate of drug-likeness (QED) is 0.817. The highest BCUT2D eigenvalue weighted by atomic mass is 16.6. The SMILES string of the molecule is CC(C)(C)OC(=O)Nc1ccc2c(c1)CCC(=O)N2. The van der Waals surface area contributed by atoms with Crippen molar-refractivity contribution >= 4 is 23.4 Å². The third kappa shape index (κ3) is 3.71. The van der Waals surface area contributed by atoms with Crippen LogP contribution in [-0.2, 0) is 16.0 Å². The van der Waals surface area contributed by atoms with Crippen molar-refractivity contribution in [2.45, 2.75) is 39.2 Å². The van der Waals surface area contributed by atoms with Gasteiger partial charge in [-0.3, -0.25) is 10.1 Å². The fourth-order valence-electron chi connectivity index (χ4n) is 1.88. The van der Waals surface area contributed by atoms with E-state index in [1.165, 1.54) is 0 Å². The molecule has 0 aromatic heterocycles. The standard InChI is InChI=1S/C14H18N2O3/c1-14(2,3)19-13(18)15-10-5-6-11-9(8-10)4-7-12(17)16-11/h5-6,8H,4,7H2,1-3H3,(H,15,18)(H,16,17). The van der Waals surface area contributed by atoms with E-state index in [0.29, 0.717) is 18.5 Å². The first-order valence-corrected chi connectivity index (χ1v) is 6.26. The minimum absolute atomic E-state index is 0.0281. The number of anilines is 2. The predicted molar refractivity (Wildman–Crippen MR) is 73.2 cm³/mol. The van der Waals surface area contributed by atoms with Gasteiger partial charge in [0.05, 0.1) is 0 Å². The first kappa shape index (κ1) is 13.4. The van der Waals surface area contributed by atoms with E-state index in [-0.39, 0.29) is 5.91 Å². The van der Waals surface area contributed by atoms with E-state index in [0.717, 1.165) is 11.3 Å². The van der Waals surface area contributed by atoms with Crippen molar-refractivity contribution in [1.29, 1.82) is 0 Å². The molecule has 1 heterocycles. The minimum atomic E-state index is -0.522. The van der Waals surface area contributed by atoms with Gasteiger partial charge in [-0.1, -0.05) is 0 Å². The van der Waals surface area contributed by atoms with Gasteiger partial charge in [0.15, 0.2) is 0 Å². The smallest absolute Gasteiger partial charge is 0.412 e. The van der Waals surface area contributed by atoms with Crippen LogP contribution in [0, 0.1) is 0 Å². The molecule has 1 aliphatic rings. The number of hydrogen-bond acceptors (Lipinski definition) is 3. The summed E-state index contributed by atoms with van der Waals surface area (Å²) in [4.78, 5) is 22.9. The van der Waals surface area contributed by atoms with Crippen molar-refractivity contribution in [3.63, 3.8) is 0 Å². The highest BCUT2D eigenvalue weighted by Crippen LogP contribution is 2.25. The summed E-state index contributed by atoms with van der Waals surface area (Å²) in [5.74, 6) is 0.0281. The molecule has 0 aliphatic carbocycles. The maximum absolute atomic E-state index is 11.6. The molecule has 1 aliphatic heterocycles. The van der Waals surface area contributed by atoms with Gasteiger partial charge in [-0.15, -0.1) is 0 Å². The summed E-state index contributed by atoms with van der Waals surface area (Å²) in [6.07, 6.45) is 0.681. The molecule has 19 heavy (non-hydrogen) atoms. The van der Waals surface area contributed by atoms with Crippen LogP contribution >= 0.6 is 0 Å². The van der Waals surface area contributed by atoms with Crippen molar-refractivity contribution in [2.24, 2.45) is 0 Å². The van der Waals surface area contributed by atoms with Crippen molar-refractivity contribution in [3.8, 4) is 0 Å². The molecule has 1 aromatic carbocycles. The molecule has 0 atom stereocenters. The number of hydrogen-bond donors (Lipinski definition) is 2. The molecule has 5 nitrogen and oxygen atoms in total. The molecule has 2 amide bonds. The van der Waals surface area contributed by atoms with Gasteiger partial charge in [-0.2, -0.15) is 0 Å². The molecule has 0 unspecified atom stereocenters. The second kappa shape index (κ2) is 4.91. The largest absolute Gasteiger partial charge is 0.444 e. The molecule has 0 spiro atoms. The van der Waals surface area contributed by atoms with Crippen LogP contribution in [0.1, 0.15) is 32.8 Å². The molecule has 0 fully saturated rings. The van der Waals surface area contributed by atoms with E-state index >= 15 is 0 Å². The van der Waals surface area contributed by atoms with Crippen LogP contribution in [0.15, 0.2) is 18.2 Å². The van der Waals surface area contributed by atoms with E-state index in [1.54, 1.807) is 12.1 Å². The predicted octanol–water partition coefficient (Wildman–Crippen LogP) is 2.92. The number of carbonyl (C=O) groups is 2. The van der Waals surface area contributed by atoms with Crippen LogP contribution < -0.4 is 10.6 Å². The normalized spacial score (nSPS) is 14.4. The Morgan fingerprint density at radius 3 is 2.74 bits per heavy atom. The van der Waals surface area contributed by atoms with Crippen LogP contribution in [0.3, 0.4) is 0 Å². The number of benzene rings is 1. The Morgan fingerprint density at radius 1 is 1.32 bits per heavy atom. The van der Waals surface area contributed by atoms with Crippen molar-refractivity contribution in [2.75, 3.05) is 10.6 Å². The number of nitrogens with one attached hydrogen (secondary N) is 2. The number of amides is 2. The number of fused-ring (bicyclic) bond motifs is 1. The Kier molecular flexibility index (Phi) is 3.46. The Hall–Kier alpha value is -2.04. The fourth-order valence-corrected chi connectivity index (χ4v) is 1.88. The lowest BCUT2D eigenvalue weighted by Gasteiger charge is -2.21. The summed E-state index contributed by atoms with van der Waals surface area (Å²) in [6.45, 7) is 5.44. The minimum Gasteiger partial charge on any atom is -0.444 e. The zero-order chi connectivity index (χ0) is 14.0. The summed E-state index contributed by atoms with van der Waals surface area (Å²) in [5.41, 5.74) is 1.98. The first-order valence-electron chi connectivity index (χ1n) is 6.26. The summed E-state index contributed by atoms with van der Waals surface area (Å²) < 4.78 is 5.18. The fraction of sp³-hybridized carbons (Fsp3) is 0.429. The Morgan fingerprint density at radius 2 is 2.05 bits per heavy atom. The molecule has 5 heteroatoms. The molecular weight excluding hydrogens is 244 g/mol. The van der Waals surface area contributed by atoms with E-state index in [4.69, 9.17) is 4.74 Å². The zero-order valence-electron chi connectivity index (χ0n) is 11.4. The van der Waals surface area contributed by atoms with E-state index in [9.17, 15) is 9.59 Å². The maximum atomic E-state index is 11.6. The van der Waals surface area contributed by atoms with Gasteiger partial charge >= 0.3 is 6.09 Å². The lowest BCUT2D eigenvalue weighted by Crippen LogP contribution is -2.27. The monoisotopic (exact) mass is 262 g/mol. The van der Waals surface area contributed by atoms with Crippen LogP contribution in [0.2, 0.25) is 0 Å². The van der Waals surface area contributed by atoms with Crippen molar-refractivity contribution in [3.05, 3.63) is 23.8 Å². The molecule has 102 valence electrons. The topological polar surface area (TPSA) is 67.4 Å². The van der Waals surface area contributed by atoms with Crippen LogP contribution in [0.5, 0.6) is 0 Å². The van der Waals surface area contributed by atoms with E-state index < -0.39 is 11.7 Å². The van der Waals surface area contributed by atoms with Crippen LogP contribution in [0.4, 0.5) is 16.2 Å². The summed E-state index contributed by atoms with van der Waals surface area (Å²) in [6, 6.07) is 5.39. The highest BCUT2D eigenvalue weighted by molar-refractivity contribution is 5.94. The Bertz CT molecular complexity index is 518. The van der Waals surface area contributed by atoms with Crippen molar-refractivity contribution < 1.29 is 14.3 Å². The van der Waals surface area contributed by atoms with E-state index in [2.05, 4.69) is 10.6 Å². The molecule has 2 N–H and O–H groups in total. The van der Waals surface area contributed by atoms with Gasteiger partial charge in [-0.05, 0) is 51.0 Å². The third-order valence-corrected chi connectivity index (χ3v) is 2.65. The molecule has 1 aromatic rings. The second-order valence-corrected chi connectivity index (χ2v) is 5.55. The summed E-state index contributed by atoms with van der Waals surface area (Å²) in [7, 11) is 0. The lowest BCUT2D eigenvalue weighted by atomic mass is 10.0. The molecule has 0 bridgehead atoms. The van der Waals surface area contributed by atoms with Crippen LogP contribution in [-0.4, -0.2) is 17.6 Å². The van der Waals surface area contributed by atoms with Gasteiger partial charge < -0.3 is 10.1 Å². The average Bonchev–Trinajstić information content (AvgIpc) is 2.26. The third-order valence-electron chi connectivity index (χ3n) is 2.65. The van der Waals surface area contributed by atoms with Crippen molar-refractivity contribution in [1.82, 2.24) is 0 Å². The second-order valence-electron chi connectivity index (χ2n) is 5.55. The number of rotatable bonds is 1. The average molecular weight is 262 g/mol. The summed E-state index contributed by atoms with van der Waals surface area (Å²) in [5, 5.41) is 5.48. The number of carbonyl (C=O) groups excluding carboxylic acids is 2.